The van der Waals surface area contributed by atoms with Crippen molar-refractivity contribution in [2.75, 3.05) is 56.1 Å². The molecule has 4 aromatic carbocycles. The number of carbonyl (C=O) groups is 2. The van der Waals surface area contributed by atoms with Gasteiger partial charge in [0.1, 0.15) is 18.0 Å². The highest BCUT2D eigenvalue weighted by Crippen LogP contribution is 2.34. The van der Waals surface area contributed by atoms with Crippen LogP contribution in [-0.4, -0.2) is 61.8 Å². The minimum atomic E-state index is -4.25. The summed E-state index contributed by atoms with van der Waals surface area (Å²) >= 11 is 0. The van der Waals surface area contributed by atoms with Crippen molar-refractivity contribution < 1.29 is 37.0 Å². The van der Waals surface area contributed by atoms with E-state index in [1.807, 2.05) is 6.07 Å². The van der Waals surface area contributed by atoms with Crippen LogP contribution in [0.5, 0.6) is 23.0 Å². The summed E-state index contributed by atoms with van der Waals surface area (Å²) in [5, 5.41) is 2.80. The second-order valence-electron chi connectivity index (χ2n) is 10.1. The summed E-state index contributed by atoms with van der Waals surface area (Å²) in [7, 11) is 1.67. The third-order valence-electron chi connectivity index (χ3n) is 7.44. The molecule has 1 aliphatic heterocycles. The number of amides is 2. The molecule has 0 bridgehead atoms. The van der Waals surface area contributed by atoms with E-state index in [0.29, 0.717) is 47.2 Å². The number of hydrogen-bond acceptors (Lipinski definition) is 8. The molecule has 5 rings (SSSR count). The summed E-state index contributed by atoms with van der Waals surface area (Å²) in [6.45, 7) is -0.0407. The third-order valence-corrected chi connectivity index (χ3v) is 9.21. The van der Waals surface area contributed by atoms with Gasteiger partial charge in [-0.2, -0.15) is 0 Å². The fraction of sp³-hybridized carbons (Fsp3) is 0.212. The standard InChI is InChI=1S/C33H33N3O8S/c1-41-26-11-6-23(7-12-26)33(38)35-18-17-22-5-8-24(19-29(22)35)34-32(37)21-36(25-9-13-27(42-2)14-10-25)45(39,40)28-15-16-30(43-3)31(20-28)44-4/h5-16,19-20H,17-18,21H2,1-4H3,(H,34,37). The molecular formula is C33H33N3O8S. The number of fused-ring (bicyclic) bond motifs is 1. The first kappa shape index (κ1) is 31.2. The highest BCUT2D eigenvalue weighted by Gasteiger charge is 2.30. The Morgan fingerprint density at radius 2 is 1.42 bits per heavy atom. The van der Waals surface area contributed by atoms with Gasteiger partial charge in [0, 0.05) is 29.5 Å². The van der Waals surface area contributed by atoms with E-state index < -0.39 is 22.5 Å². The van der Waals surface area contributed by atoms with Crippen LogP contribution in [0.15, 0.2) is 89.8 Å². The molecule has 0 unspecified atom stereocenters. The van der Waals surface area contributed by atoms with Gasteiger partial charge in [-0.15, -0.1) is 0 Å². The molecule has 234 valence electrons. The zero-order chi connectivity index (χ0) is 32.1. The van der Waals surface area contributed by atoms with Gasteiger partial charge in [0.2, 0.25) is 5.91 Å². The van der Waals surface area contributed by atoms with Gasteiger partial charge in [0.25, 0.3) is 15.9 Å². The lowest BCUT2D eigenvalue weighted by Crippen LogP contribution is -2.38. The van der Waals surface area contributed by atoms with Crippen molar-refractivity contribution in [3.05, 3.63) is 96.1 Å². The first-order chi connectivity index (χ1) is 21.7. The lowest BCUT2D eigenvalue weighted by atomic mass is 10.1. The van der Waals surface area contributed by atoms with Gasteiger partial charge in [0.15, 0.2) is 11.5 Å². The van der Waals surface area contributed by atoms with Crippen LogP contribution < -0.4 is 33.5 Å². The summed E-state index contributed by atoms with van der Waals surface area (Å²) in [5.74, 6) is 1.01. The topological polar surface area (TPSA) is 124 Å². The highest BCUT2D eigenvalue weighted by molar-refractivity contribution is 7.92. The summed E-state index contributed by atoms with van der Waals surface area (Å²) < 4.78 is 49.9. The monoisotopic (exact) mass is 631 g/mol. The minimum absolute atomic E-state index is 0.0889. The number of benzene rings is 4. The van der Waals surface area contributed by atoms with Crippen molar-refractivity contribution in [2.24, 2.45) is 0 Å². The Morgan fingerprint density at radius 1 is 0.778 bits per heavy atom. The molecular weight excluding hydrogens is 598 g/mol. The maximum atomic E-state index is 14.0. The van der Waals surface area contributed by atoms with Crippen LogP contribution >= 0.6 is 0 Å². The highest BCUT2D eigenvalue weighted by atomic mass is 32.2. The Labute approximate surface area is 261 Å². The summed E-state index contributed by atoms with van der Waals surface area (Å²) in [6, 6.07) is 22.7. The van der Waals surface area contributed by atoms with E-state index in [4.69, 9.17) is 18.9 Å². The first-order valence-electron chi connectivity index (χ1n) is 14.0. The van der Waals surface area contributed by atoms with Crippen LogP contribution in [0.25, 0.3) is 0 Å². The second-order valence-corrected chi connectivity index (χ2v) is 11.9. The molecule has 12 heteroatoms. The van der Waals surface area contributed by atoms with E-state index in [2.05, 4.69) is 5.32 Å². The normalized spacial score (nSPS) is 12.2. The first-order valence-corrected chi connectivity index (χ1v) is 15.4. The number of carbonyl (C=O) groups excluding carboxylic acids is 2. The fourth-order valence-corrected chi connectivity index (χ4v) is 6.49. The van der Waals surface area contributed by atoms with Gasteiger partial charge in [-0.3, -0.25) is 13.9 Å². The predicted octanol–water partition coefficient (Wildman–Crippen LogP) is 4.76. The van der Waals surface area contributed by atoms with Crippen molar-refractivity contribution in [3.8, 4) is 23.0 Å². The Hall–Kier alpha value is -5.23. The average Bonchev–Trinajstić information content (AvgIpc) is 3.49. The van der Waals surface area contributed by atoms with E-state index >= 15 is 0 Å². The fourth-order valence-electron chi connectivity index (χ4n) is 5.06. The molecule has 0 saturated heterocycles. The molecule has 45 heavy (non-hydrogen) atoms. The summed E-state index contributed by atoms with van der Waals surface area (Å²) in [4.78, 5) is 28.3. The number of nitrogens with zero attached hydrogens (tertiary/aromatic N) is 2. The summed E-state index contributed by atoms with van der Waals surface area (Å²) in [5.41, 5.74) is 2.83. The predicted molar refractivity (Wildman–Crippen MR) is 171 cm³/mol. The van der Waals surface area contributed by atoms with Crippen molar-refractivity contribution in [1.82, 2.24) is 0 Å². The number of methoxy groups -OCH3 is 4. The molecule has 1 N–H and O–H groups in total. The molecule has 1 aliphatic rings. The van der Waals surface area contributed by atoms with Crippen molar-refractivity contribution in [3.63, 3.8) is 0 Å². The zero-order valence-electron chi connectivity index (χ0n) is 25.3. The Balaban J connectivity index is 1.41. The maximum Gasteiger partial charge on any atom is 0.264 e. The molecule has 0 aliphatic carbocycles. The van der Waals surface area contributed by atoms with Crippen LogP contribution in [0.1, 0.15) is 15.9 Å². The van der Waals surface area contributed by atoms with Crippen LogP contribution in [0.2, 0.25) is 0 Å². The largest absolute Gasteiger partial charge is 0.497 e. The van der Waals surface area contributed by atoms with E-state index in [9.17, 15) is 18.0 Å². The van der Waals surface area contributed by atoms with Crippen LogP contribution in [0, 0.1) is 0 Å². The Kier molecular flexibility index (Phi) is 9.14. The number of nitrogens with one attached hydrogen (secondary N) is 1. The number of ether oxygens (including phenoxy) is 4. The van der Waals surface area contributed by atoms with E-state index in [1.165, 1.54) is 39.5 Å². The molecule has 11 nitrogen and oxygen atoms in total. The third kappa shape index (κ3) is 6.50. The molecule has 2 amide bonds. The Bertz CT molecular complexity index is 1810. The van der Waals surface area contributed by atoms with Crippen molar-refractivity contribution >= 4 is 38.9 Å². The summed E-state index contributed by atoms with van der Waals surface area (Å²) in [6.07, 6.45) is 0.667. The molecule has 0 atom stereocenters. The van der Waals surface area contributed by atoms with Gasteiger partial charge in [0.05, 0.1) is 39.0 Å². The molecule has 0 saturated carbocycles. The maximum absolute atomic E-state index is 14.0. The molecule has 0 spiro atoms. The van der Waals surface area contributed by atoms with Crippen molar-refractivity contribution in [1.29, 1.82) is 0 Å². The lowest BCUT2D eigenvalue weighted by molar-refractivity contribution is -0.114. The molecule has 0 aromatic heterocycles. The van der Waals surface area contributed by atoms with Crippen LogP contribution in [0.3, 0.4) is 0 Å². The Morgan fingerprint density at radius 3 is 2.04 bits per heavy atom. The van der Waals surface area contributed by atoms with E-state index in [1.54, 1.807) is 72.7 Å². The van der Waals surface area contributed by atoms with E-state index in [0.717, 1.165) is 9.87 Å². The van der Waals surface area contributed by atoms with Gasteiger partial charge < -0.3 is 29.2 Å². The van der Waals surface area contributed by atoms with Gasteiger partial charge in [-0.05, 0) is 84.8 Å². The van der Waals surface area contributed by atoms with Crippen LogP contribution in [0.4, 0.5) is 17.1 Å². The van der Waals surface area contributed by atoms with Crippen molar-refractivity contribution in [2.45, 2.75) is 11.3 Å². The number of anilines is 3. The second kappa shape index (κ2) is 13.2. The molecule has 4 aromatic rings. The van der Waals surface area contributed by atoms with Gasteiger partial charge >= 0.3 is 0 Å². The number of hydrogen-bond donors (Lipinski definition) is 1. The van der Waals surface area contributed by atoms with Gasteiger partial charge in [-0.25, -0.2) is 8.42 Å². The number of rotatable bonds is 11. The molecule has 0 radical (unpaired) electrons. The smallest absolute Gasteiger partial charge is 0.264 e. The zero-order valence-corrected chi connectivity index (χ0v) is 26.1. The quantitative estimate of drug-likeness (QED) is 0.252. The minimum Gasteiger partial charge on any atom is -0.497 e. The van der Waals surface area contributed by atoms with E-state index in [-0.39, 0.29) is 22.2 Å². The SMILES string of the molecule is COc1ccc(C(=O)N2CCc3ccc(NC(=O)CN(c4ccc(OC)cc4)S(=O)(=O)c4ccc(OC)c(OC)c4)cc32)cc1. The number of sulfonamides is 1. The van der Waals surface area contributed by atoms with Crippen LogP contribution in [-0.2, 0) is 21.2 Å². The van der Waals surface area contributed by atoms with Gasteiger partial charge in [-0.1, -0.05) is 6.07 Å². The molecule has 0 fully saturated rings. The molecule has 1 heterocycles. The lowest BCUT2D eigenvalue weighted by Gasteiger charge is -2.25. The average molecular weight is 632 g/mol.